The van der Waals surface area contributed by atoms with Gasteiger partial charge in [-0.3, -0.25) is 0 Å². The van der Waals surface area contributed by atoms with Gasteiger partial charge in [-0.1, -0.05) is 25.1 Å². The number of ether oxygens (including phenoxy) is 1. The first-order valence-electron chi connectivity index (χ1n) is 9.38. The lowest BCUT2D eigenvalue weighted by atomic mass is 9.63. The van der Waals surface area contributed by atoms with Gasteiger partial charge in [0.1, 0.15) is 5.75 Å². The van der Waals surface area contributed by atoms with Crippen LogP contribution in [-0.2, 0) is 11.8 Å². The second kappa shape index (κ2) is 5.11. The van der Waals surface area contributed by atoms with Crippen molar-refractivity contribution in [2.24, 2.45) is 5.41 Å². The standard InChI is InChI=1S/C23H24N2O/c1-22-13-23(11-17-7-8-18(26-3)10-19(17)22)14-25(2)21(23)20(22)16-6-4-5-15(9-16)12-24/h4-10,20-21H,11,13-14H2,1-3H3. The van der Waals surface area contributed by atoms with E-state index in [0.29, 0.717) is 17.4 Å². The molecule has 3 heteroatoms. The van der Waals surface area contributed by atoms with E-state index in [-0.39, 0.29) is 5.41 Å². The average molecular weight is 344 g/mol. The number of likely N-dealkylation sites (tertiary alicyclic amines) is 1. The number of hydrogen-bond donors (Lipinski definition) is 0. The van der Waals surface area contributed by atoms with E-state index < -0.39 is 0 Å². The van der Waals surface area contributed by atoms with Crippen LogP contribution in [0.25, 0.3) is 0 Å². The van der Waals surface area contributed by atoms with Crippen LogP contribution in [0.2, 0.25) is 0 Å². The van der Waals surface area contributed by atoms with Gasteiger partial charge >= 0.3 is 0 Å². The second-order valence-electron chi connectivity index (χ2n) is 8.73. The Morgan fingerprint density at radius 2 is 2.08 bits per heavy atom. The molecular formula is C23H24N2O. The number of methoxy groups -OCH3 is 1. The highest BCUT2D eigenvalue weighted by molar-refractivity contribution is 5.52. The van der Waals surface area contributed by atoms with Crippen molar-refractivity contribution < 1.29 is 4.74 Å². The number of likely N-dealkylation sites (N-methyl/N-ethyl adjacent to an activating group) is 1. The van der Waals surface area contributed by atoms with Gasteiger partial charge in [0.05, 0.1) is 18.7 Å². The van der Waals surface area contributed by atoms with Crippen molar-refractivity contribution >= 4 is 0 Å². The first-order valence-corrected chi connectivity index (χ1v) is 9.38. The van der Waals surface area contributed by atoms with Crippen LogP contribution < -0.4 is 4.74 Å². The van der Waals surface area contributed by atoms with Crippen molar-refractivity contribution in [3.05, 3.63) is 64.7 Å². The highest BCUT2D eigenvalue weighted by Crippen LogP contribution is 2.68. The Balaban J connectivity index is 1.72. The third-order valence-corrected chi connectivity index (χ3v) is 7.24. The van der Waals surface area contributed by atoms with Crippen LogP contribution in [-0.4, -0.2) is 31.6 Å². The summed E-state index contributed by atoms with van der Waals surface area (Å²) in [5.74, 6) is 1.35. The lowest BCUT2D eigenvalue weighted by molar-refractivity contribution is -0.0389. The number of benzene rings is 2. The Bertz CT molecular complexity index is 945. The number of hydrogen-bond acceptors (Lipinski definition) is 3. The van der Waals surface area contributed by atoms with Crippen LogP contribution in [0.4, 0.5) is 0 Å². The molecule has 0 N–H and O–H groups in total. The predicted molar refractivity (Wildman–Crippen MR) is 101 cm³/mol. The molecule has 4 atom stereocenters. The molecule has 2 aliphatic carbocycles. The molecule has 1 saturated carbocycles. The largest absolute Gasteiger partial charge is 0.497 e. The number of nitriles is 1. The molecule has 1 heterocycles. The van der Waals surface area contributed by atoms with Gasteiger partial charge < -0.3 is 9.64 Å². The Morgan fingerprint density at radius 3 is 2.81 bits per heavy atom. The third-order valence-electron chi connectivity index (χ3n) is 7.24. The van der Waals surface area contributed by atoms with Crippen LogP contribution in [0.5, 0.6) is 5.75 Å². The summed E-state index contributed by atoms with van der Waals surface area (Å²) in [4.78, 5) is 2.53. The van der Waals surface area contributed by atoms with E-state index >= 15 is 0 Å². The molecule has 3 aliphatic rings. The molecule has 1 aliphatic heterocycles. The lowest BCUT2D eigenvalue weighted by Gasteiger charge is -2.55. The number of fused-ring (bicyclic) bond motifs is 3. The molecule has 4 unspecified atom stereocenters. The quantitative estimate of drug-likeness (QED) is 0.830. The third kappa shape index (κ3) is 1.86. The minimum atomic E-state index is 0.0750. The maximum absolute atomic E-state index is 9.39. The van der Waals surface area contributed by atoms with Crippen molar-refractivity contribution in [3.8, 4) is 11.8 Å². The van der Waals surface area contributed by atoms with Gasteiger partial charge in [0.25, 0.3) is 0 Å². The van der Waals surface area contributed by atoms with Crippen LogP contribution in [0.1, 0.15) is 41.5 Å². The lowest BCUT2D eigenvalue weighted by Crippen LogP contribution is -2.62. The maximum Gasteiger partial charge on any atom is 0.119 e. The van der Waals surface area contributed by atoms with Crippen molar-refractivity contribution in [1.29, 1.82) is 5.26 Å². The maximum atomic E-state index is 9.39. The summed E-state index contributed by atoms with van der Waals surface area (Å²) in [5.41, 5.74) is 5.44. The SMILES string of the molecule is COc1ccc2c(c1)C1(C)CC3(C2)CN(C)C3C1c1cccc(C#N)c1. The van der Waals surface area contributed by atoms with E-state index in [1.54, 1.807) is 7.11 Å². The zero-order valence-electron chi connectivity index (χ0n) is 15.6. The molecule has 0 radical (unpaired) electrons. The molecule has 132 valence electrons. The number of nitrogens with zero attached hydrogens (tertiary/aromatic N) is 2. The topological polar surface area (TPSA) is 36.3 Å². The van der Waals surface area contributed by atoms with Crippen molar-refractivity contribution in [2.75, 3.05) is 20.7 Å². The molecule has 2 aromatic carbocycles. The summed E-state index contributed by atoms with van der Waals surface area (Å²) in [7, 11) is 4.00. The molecule has 3 nitrogen and oxygen atoms in total. The van der Waals surface area contributed by atoms with Gasteiger partial charge in [-0.05, 0) is 60.8 Å². The van der Waals surface area contributed by atoms with Gasteiger partial charge in [-0.2, -0.15) is 5.26 Å². The highest BCUT2D eigenvalue weighted by Gasteiger charge is 2.68. The van der Waals surface area contributed by atoms with Crippen molar-refractivity contribution in [2.45, 2.75) is 37.1 Å². The van der Waals surface area contributed by atoms with Gasteiger partial charge in [0.2, 0.25) is 0 Å². The average Bonchev–Trinajstić information content (AvgIpc) is 2.82. The van der Waals surface area contributed by atoms with Gasteiger partial charge in [0.15, 0.2) is 0 Å². The molecular weight excluding hydrogens is 320 g/mol. The molecule has 1 spiro atoms. The first-order chi connectivity index (χ1) is 12.5. The summed E-state index contributed by atoms with van der Waals surface area (Å²) >= 11 is 0. The first kappa shape index (κ1) is 15.9. The summed E-state index contributed by atoms with van der Waals surface area (Å²) in [6, 6.07) is 17.8. The Hall–Kier alpha value is -2.31. The van der Waals surface area contributed by atoms with Crippen molar-refractivity contribution in [3.63, 3.8) is 0 Å². The monoisotopic (exact) mass is 344 g/mol. The fourth-order valence-corrected chi connectivity index (χ4v) is 6.59. The second-order valence-corrected chi connectivity index (χ2v) is 8.73. The van der Waals surface area contributed by atoms with Crippen LogP contribution in [0, 0.1) is 16.7 Å². The molecule has 2 bridgehead atoms. The van der Waals surface area contributed by atoms with E-state index in [2.05, 4.69) is 55.3 Å². The van der Waals surface area contributed by atoms with Crippen molar-refractivity contribution in [1.82, 2.24) is 4.90 Å². The fourth-order valence-electron chi connectivity index (χ4n) is 6.59. The van der Waals surface area contributed by atoms with Gasteiger partial charge in [-0.15, -0.1) is 0 Å². The van der Waals surface area contributed by atoms with Crippen LogP contribution >= 0.6 is 0 Å². The predicted octanol–water partition coefficient (Wildman–Crippen LogP) is 3.87. The summed E-state index contributed by atoms with van der Waals surface area (Å²) in [5, 5.41) is 9.39. The Morgan fingerprint density at radius 1 is 1.23 bits per heavy atom. The molecule has 0 amide bonds. The molecule has 2 fully saturated rings. The Labute approximate surface area is 155 Å². The van der Waals surface area contributed by atoms with Gasteiger partial charge in [-0.25, -0.2) is 0 Å². The van der Waals surface area contributed by atoms with E-state index in [1.165, 1.54) is 29.7 Å². The van der Waals surface area contributed by atoms with Gasteiger partial charge in [0, 0.05) is 29.3 Å². The minimum absolute atomic E-state index is 0.0750. The number of rotatable bonds is 2. The van der Waals surface area contributed by atoms with Crippen LogP contribution in [0.3, 0.4) is 0 Å². The molecule has 0 aromatic heterocycles. The molecule has 5 rings (SSSR count). The Kier molecular flexibility index (Phi) is 3.13. The molecule has 26 heavy (non-hydrogen) atoms. The minimum Gasteiger partial charge on any atom is -0.497 e. The normalized spacial score (nSPS) is 34.4. The highest BCUT2D eigenvalue weighted by atomic mass is 16.5. The fraction of sp³-hybridized carbons (Fsp3) is 0.435. The zero-order chi connectivity index (χ0) is 18.1. The summed E-state index contributed by atoms with van der Waals surface area (Å²) < 4.78 is 5.54. The molecule has 2 aromatic rings. The van der Waals surface area contributed by atoms with E-state index in [0.717, 1.165) is 17.7 Å². The van der Waals surface area contributed by atoms with E-state index in [1.807, 2.05) is 12.1 Å². The summed E-state index contributed by atoms with van der Waals surface area (Å²) in [6.45, 7) is 3.61. The summed E-state index contributed by atoms with van der Waals surface area (Å²) in [6.07, 6.45) is 2.38. The van der Waals surface area contributed by atoms with E-state index in [4.69, 9.17) is 4.74 Å². The molecule has 1 saturated heterocycles. The zero-order valence-corrected chi connectivity index (χ0v) is 15.6. The van der Waals surface area contributed by atoms with Crippen LogP contribution in [0.15, 0.2) is 42.5 Å². The van der Waals surface area contributed by atoms with E-state index in [9.17, 15) is 5.26 Å². The smallest absolute Gasteiger partial charge is 0.119 e.